The Morgan fingerprint density at radius 2 is 2.19 bits per heavy atom. The van der Waals surface area contributed by atoms with E-state index in [0.717, 1.165) is 12.8 Å². The maximum atomic E-state index is 12.2. The highest BCUT2D eigenvalue weighted by molar-refractivity contribution is 5.78. The van der Waals surface area contributed by atoms with E-state index in [0.29, 0.717) is 12.5 Å². The third-order valence-corrected chi connectivity index (χ3v) is 4.25. The highest BCUT2D eigenvalue weighted by Gasteiger charge is 2.61. The van der Waals surface area contributed by atoms with Gasteiger partial charge >= 0.3 is 5.97 Å². The van der Waals surface area contributed by atoms with Gasteiger partial charge in [-0.05, 0) is 49.7 Å². The minimum absolute atomic E-state index is 0.0193. The summed E-state index contributed by atoms with van der Waals surface area (Å²) in [6, 6.07) is 3.97. The number of carbonyl (C=O) groups is 1. The quantitative estimate of drug-likeness (QED) is 0.454. The summed E-state index contributed by atoms with van der Waals surface area (Å²) in [6.45, 7) is 8.91. The van der Waals surface area contributed by atoms with Crippen LogP contribution in [0.25, 0.3) is 0 Å². The molecule has 1 aromatic rings. The van der Waals surface area contributed by atoms with Crippen molar-refractivity contribution in [3.63, 3.8) is 0 Å². The molecular formula is C18H25NO2. The first-order chi connectivity index (χ1) is 9.93. The summed E-state index contributed by atoms with van der Waals surface area (Å²) in [4.78, 5) is 16.2. The fourth-order valence-electron chi connectivity index (χ4n) is 2.88. The van der Waals surface area contributed by atoms with Crippen LogP contribution in [0.4, 0.5) is 0 Å². The molecule has 0 spiro atoms. The lowest BCUT2D eigenvalue weighted by molar-refractivity contribution is -0.146. The molecule has 1 aliphatic carbocycles. The van der Waals surface area contributed by atoms with Crippen molar-refractivity contribution in [2.45, 2.75) is 40.5 Å². The topological polar surface area (TPSA) is 39.2 Å². The Morgan fingerprint density at radius 3 is 2.81 bits per heavy atom. The molecule has 0 aromatic carbocycles. The van der Waals surface area contributed by atoms with E-state index in [-0.39, 0.29) is 17.3 Å². The summed E-state index contributed by atoms with van der Waals surface area (Å²) in [5.41, 5.74) is 2.49. The monoisotopic (exact) mass is 287 g/mol. The summed E-state index contributed by atoms with van der Waals surface area (Å²) < 4.78 is 5.45. The number of hydrogen-bond acceptors (Lipinski definition) is 3. The van der Waals surface area contributed by atoms with E-state index in [2.05, 4.69) is 38.8 Å². The van der Waals surface area contributed by atoms with Gasteiger partial charge in [0.05, 0.1) is 12.5 Å². The molecule has 0 amide bonds. The summed E-state index contributed by atoms with van der Waals surface area (Å²) >= 11 is 0. The first-order valence-corrected chi connectivity index (χ1v) is 7.63. The zero-order valence-corrected chi connectivity index (χ0v) is 13.4. The van der Waals surface area contributed by atoms with E-state index in [1.807, 2.05) is 18.3 Å². The number of allylic oxidation sites excluding steroid dienone is 2. The predicted octanol–water partition coefficient (Wildman–Crippen LogP) is 3.80. The Labute approximate surface area is 127 Å². The van der Waals surface area contributed by atoms with E-state index < -0.39 is 0 Å². The van der Waals surface area contributed by atoms with Gasteiger partial charge in [-0.15, -0.1) is 0 Å². The molecule has 2 unspecified atom stereocenters. The molecule has 114 valence electrons. The summed E-state index contributed by atoms with van der Waals surface area (Å²) in [5.74, 6) is 0.299. The van der Waals surface area contributed by atoms with E-state index in [1.165, 1.54) is 11.1 Å². The van der Waals surface area contributed by atoms with Crippen LogP contribution in [-0.4, -0.2) is 17.6 Å². The van der Waals surface area contributed by atoms with E-state index >= 15 is 0 Å². The number of aromatic nitrogens is 1. The van der Waals surface area contributed by atoms with Crippen molar-refractivity contribution in [3.8, 4) is 0 Å². The van der Waals surface area contributed by atoms with Crippen LogP contribution in [0.3, 0.4) is 0 Å². The van der Waals surface area contributed by atoms with Crippen molar-refractivity contribution in [1.82, 2.24) is 4.98 Å². The average molecular weight is 287 g/mol. The van der Waals surface area contributed by atoms with Crippen LogP contribution in [0.15, 0.2) is 36.2 Å². The van der Waals surface area contributed by atoms with Gasteiger partial charge in [0, 0.05) is 12.4 Å². The van der Waals surface area contributed by atoms with E-state index in [9.17, 15) is 4.79 Å². The largest absolute Gasteiger partial charge is 0.465 e. The molecule has 1 aliphatic rings. The van der Waals surface area contributed by atoms with Crippen LogP contribution in [0, 0.1) is 17.3 Å². The molecule has 0 radical (unpaired) electrons. The molecule has 1 saturated carbocycles. The van der Waals surface area contributed by atoms with Gasteiger partial charge in [-0.2, -0.15) is 0 Å². The normalized spacial score (nSPS) is 22.5. The fourth-order valence-corrected chi connectivity index (χ4v) is 2.88. The zero-order chi connectivity index (χ0) is 15.5. The third-order valence-electron chi connectivity index (χ3n) is 4.25. The van der Waals surface area contributed by atoms with Gasteiger partial charge in [0.15, 0.2) is 0 Å². The minimum Gasteiger partial charge on any atom is -0.465 e. The molecule has 21 heavy (non-hydrogen) atoms. The molecule has 3 heteroatoms. The van der Waals surface area contributed by atoms with E-state index in [1.54, 1.807) is 6.20 Å². The zero-order valence-electron chi connectivity index (χ0n) is 13.4. The standard InChI is InChI=1S/C18H25NO2/c1-13(2)11-15-16(18(15,3)4)17(20)21-10-6-8-14-7-5-9-19-12-14/h5,7,9,11-12,15-16H,6,8,10H2,1-4H3. The van der Waals surface area contributed by atoms with Crippen molar-refractivity contribution in [2.75, 3.05) is 6.61 Å². The van der Waals surface area contributed by atoms with Gasteiger partial charge in [0.25, 0.3) is 0 Å². The Kier molecular flexibility index (Phi) is 4.81. The van der Waals surface area contributed by atoms with Crippen LogP contribution in [0.1, 0.15) is 39.7 Å². The molecule has 1 fully saturated rings. The third kappa shape index (κ3) is 3.93. The van der Waals surface area contributed by atoms with Crippen molar-refractivity contribution in [3.05, 3.63) is 41.7 Å². The Morgan fingerprint density at radius 1 is 1.43 bits per heavy atom. The van der Waals surface area contributed by atoms with Crippen LogP contribution < -0.4 is 0 Å². The second kappa shape index (κ2) is 6.42. The van der Waals surface area contributed by atoms with Crippen molar-refractivity contribution in [1.29, 1.82) is 0 Å². The highest BCUT2D eigenvalue weighted by Crippen LogP contribution is 2.59. The second-order valence-electron chi connectivity index (χ2n) is 6.70. The smallest absolute Gasteiger partial charge is 0.310 e. The lowest BCUT2D eigenvalue weighted by atomic mass is 10.1. The Bertz CT molecular complexity index is 515. The number of hydrogen-bond donors (Lipinski definition) is 0. The molecular weight excluding hydrogens is 262 g/mol. The lowest BCUT2D eigenvalue weighted by Gasteiger charge is -2.05. The van der Waals surface area contributed by atoms with Gasteiger partial charge in [0.2, 0.25) is 0 Å². The van der Waals surface area contributed by atoms with Crippen LogP contribution >= 0.6 is 0 Å². The molecule has 2 atom stereocenters. The fraction of sp³-hybridized carbons (Fsp3) is 0.556. The molecule has 0 saturated heterocycles. The van der Waals surface area contributed by atoms with Crippen molar-refractivity contribution < 1.29 is 9.53 Å². The number of pyridine rings is 1. The number of aryl methyl sites for hydroxylation is 1. The molecule has 2 rings (SSSR count). The highest BCUT2D eigenvalue weighted by atomic mass is 16.5. The first-order valence-electron chi connectivity index (χ1n) is 7.63. The number of esters is 1. The van der Waals surface area contributed by atoms with Crippen LogP contribution in [0.5, 0.6) is 0 Å². The number of ether oxygens (including phenoxy) is 1. The van der Waals surface area contributed by atoms with Gasteiger partial charge in [0.1, 0.15) is 0 Å². The SMILES string of the molecule is CC(C)=CC1C(C(=O)OCCCc2cccnc2)C1(C)C. The predicted molar refractivity (Wildman–Crippen MR) is 83.7 cm³/mol. The van der Waals surface area contributed by atoms with E-state index in [4.69, 9.17) is 4.74 Å². The van der Waals surface area contributed by atoms with Gasteiger partial charge in [-0.1, -0.05) is 31.6 Å². The molecule has 0 N–H and O–H groups in total. The lowest BCUT2D eigenvalue weighted by Crippen LogP contribution is -2.12. The second-order valence-corrected chi connectivity index (χ2v) is 6.70. The number of nitrogens with zero attached hydrogens (tertiary/aromatic N) is 1. The van der Waals surface area contributed by atoms with Crippen molar-refractivity contribution >= 4 is 5.97 Å². The summed E-state index contributed by atoms with van der Waals surface area (Å²) in [7, 11) is 0. The summed E-state index contributed by atoms with van der Waals surface area (Å²) in [5, 5.41) is 0. The van der Waals surface area contributed by atoms with Crippen LogP contribution in [0.2, 0.25) is 0 Å². The van der Waals surface area contributed by atoms with Crippen LogP contribution in [-0.2, 0) is 16.0 Å². The van der Waals surface area contributed by atoms with Gasteiger partial charge < -0.3 is 4.74 Å². The molecule has 3 nitrogen and oxygen atoms in total. The number of rotatable bonds is 6. The Hall–Kier alpha value is -1.64. The molecule has 1 heterocycles. The van der Waals surface area contributed by atoms with Crippen molar-refractivity contribution in [2.24, 2.45) is 17.3 Å². The molecule has 1 aromatic heterocycles. The molecule has 0 bridgehead atoms. The molecule has 0 aliphatic heterocycles. The van der Waals surface area contributed by atoms with Gasteiger partial charge in [-0.25, -0.2) is 0 Å². The minimum atomic E-state index is -0.0475. The summed E-state index contributed by atoms with van der Waals surface area (Å²) in [6.07, 6.45) is 7.56. The van der Waals surface area contributed by atoms with Gasteiger partial charge in [-0.3, -0.25) is 9.78 Å². The Balaban J connectivity index is 1.74. The maximum Gasteiger partial charge on any atom is 0.310 e. The maximum absolute atomic E-state index is 12.2. The number of carbonyl (C=O) groups excluding carboxylic acids is 1. The average Bonchev–Trinajstić information content (AvgIpc) is 2.96. The first kappa shape index (κ1) is 15.7.